The van der Waals surface area contributed by atoms with Gasteiger partial charge in [-0.3, -0.25) is 14.9 Å². The van der Waals surface area contributed by atoms with Gasteiger partial charge in [0.2, 0.25) is 0 Å². The van der Waals surface area contributed by atoms with Crippen LogP contribution in [0.3, 0.4) is 0 Å². The summed E-state index contributed by atoms with van der Waals surface area (Å²) >= 11 is 0. The highest BCUT2D eigenvalue weighted by molar-refractivity contribution is 5.93. The molecule has 8 heteroatoms. The van der Waals surface area contributed by atoms with Gasteiger partial charge in [-0.2, -0.15) is 5.26 Å². The normalized spacial score (nSPS) is 28.1. The molecule has 0 saturated heterocycles. The summed E-state index contributed by atoms with van der Waals surface area (Å²) in [5.74, 6) is 0.880. The predicted molar refractivity (Wildman–Crippen MR) is 111 cm³/mol. The van der Waals surface area contributed by atoms with Crippen molar-refractivity contribution in [2.45, 2.75) is 57.4 Å². The highest BCUT2D eigenvalue weighted by Gasteiger charge is 2.54. The molecule has 4 saturated carbocycles. The van der Waals surface area contributed by atoms with Crippen molar-refractivity contribution in [1.29, 1.82) is 5.26 Å². The summed E-state index contributed by atoms with van der Waals surface area (Å²) in [4.78, 5) is 38.1. The van der Waals surface area contributed by atoms with Crippen molar-refractivity contribution >= 4 is 17.6 Å². The Balaban J connectivity index is 1.48. The molecular formula is C23H27N3O5. The van der Waals surface area contributed by atoms with Crippen molar-refractivity contribution in [2.24, 2.45) is 17.8 Å². The maximum absolute atomic E-state index is 13.2. The second-order valence-corrected chi connectivity index (χ2v) is 9.38. The SMILES string of the molecule is Cc1c(C(=O)OCC(=O)N(CCC#N)C23CC4CC(CC(C4)C2)C3)cccc1[N+](=O)[O-]. The van der Waals surface area contributed by atoms with E-state index in [-0.39, 0.29) is 34.7 Å². The summed E-state index contributed by atoms with van der Waals surface area (Å²) in [7, 11) is 0. The van der Waals surface area contributed by atoms with Crippen LogP contribution in [0.1, 0.15) is 60.9 Å². The average Bonchev–Trinajstić information content (AvgIpc) is 2.71. The minimum atomic E-state index is -0.750. The average molecular weight is 425 g/mol. The summed E-state index contributed by atoms with van der Waals surface area (Å²) in [6.07, 6.45) is 6.85. The number of ether oxygens (including phenoxy) is 1. The molecule has 4 aliphatic rings. The fraction of sp³-hybridized carbons (Fsp3) is 0.609. The van der Waals surface area contributed by atoms with Crippen LogP contribution in [0.2, 0.25) is 0 Å². The molecule has 8 nitrogen and oxygen atoms in total. The molecule has 0 spiro atoms. The van der Waals surface area contributed by atoms with Crippen molar-refractivity contribution < 1.29 is 19.2 Å². The van der Waals surface area contributed by atoms with Crippen LogP contribution in [0.5, 0.6) is 0 Å². The highest BCUT2D eigenvalue weighted by atomic mass is 16.6. The van der Waals surface area contributed by atoms with Gasteiger partial charge < -0.3 is 9.64 Å². The first kappa shape index (κ1) is 21.3. The summed E-state index contributed by atoms with van der Waals surface area (Å²) in [6.45, 7) is 1.41. The van der Waals surface area contributed by atoms with Gasteiger partial charge >= 0.3 is 5.97 Å². The molecule has 164 valence electrons. The maximum Gasteiger partial charge on any atom is 0.339 e. The number of nitrogens with zero attached hydrogens (tertiary/aromatic N) is 3. The molecule has 1 aromatic rings. The maximum atomic E-state index is 13.2. The van der Waals surface area contributed by atoms with Crippen molar-refractivity contribution in [3.8, 4) is 6.07 Å². The summed E-state index contributed by atoms with van der Waals surface area (Å²) < 4.78 is 5.29. The topological polar surface area (TPSA) is 114 Å². The van der Waals surface area contributed by atoms with Gasteiger partial charge in [0.15, 0.2) is 6.61 Å². The van der Waals surface area contributed by atoms with Crippen LogP contribution in [0.25, 0.3) is 0 Å². The van der Waals surface area contributed by atoms with E-state index in [1.54, 1.807) is 0 Å². The molecule has 4 aliphatic carbocycles. The van der Waals surface area contributed by atoms with Crippen molar-refractivity contribution in [1.82, 2.24) is 4.90 Å². The third-order valence-corrected chi connectivity index (χ3v) is 7.38. The molecule has 1 amide bonds. The third kappa shape index (κ3) is 4.01. The molecular weight excluding hydrogens is 398 g/mol. The van der Waals surface area contributed by atoms with Gasteiger partial charge in [0.25, 0.3) is 11.6 Å². The molecule has 0 radical (unpaired) electrons. The summed E-state index contributed by atoms with van der Waals surface area (Å²) in [5.41, 5.74) is -0.0889. The molecule has 0 aromatic heterocycles. The van der Waals surface area contributed by atoms with Gasteiger partial charge in [-0.05, 0) is 69.3 Å². The molecule has 0 atom stereocenters. The highest BCUT2D eigenvalue weighted by Crippen LogP contribution is 2.57. The number of esters is 1. The molecule has 31 heavy (non-hydrogen) atoms. The smallest absolute Gasteiger partial charge is 0.339 e. The van der Waals surface area contributed by atoms with Crippen LogP contribution in [-0.2, 0) is 9.53 Å². The molecule has 0 heterocycles. The monoisotopic (exact) mass is 425 g/mol. The molecule has 1 aromatic carbocycles. The number of nitro groups is 1. The third-order valence-electron chi connectivity index (χ3n) is 7.38. The first-order chi connectivity index (χ1) is 14.8. The van der Waals surface area contributed by atoms with Crippen LogP contribution < -0.4 is 0 Å². The minimum Gasteiger partial charge on any atom is -0.452 e. The number of benzene rings is 1. The van der Waals surface area contributed by atoms with Crippen molar-refractivity contribution in [2.75, 3.05) is 13.2 Å². The molecule has 4 bridgehead atoms. The van der Waals surface area contributed by atoms with Crippen molar-refractivity contribution in [3.63, 3.8) is 0 Å². The van der Waals surface area contributed by atoms with E-state index in [2.05, 4.69) is 6.07 Å². The fourth-order valence-electron chi connectivity index (χ4n) is 6.51. The Bertz CT molecular complexity index is 916. The number of nitriles is 1. The lowest BCUT2D eigenvalue weighted by Gasteiger charge is -2.60. The van der Waals surface area contributed by atoms with E-state index in [9.17, 15) is 19.7 Å². The first-order valence-corrected chi connectivity index (χ1v) is 10.9. The lowest BCUT2D eigenvalue weighted by molar-refractivity contribution is -0.385. The number of hydrogen-bond donors (Lipinski definition) is 0. The van der Waals surface area contributed by atoms with Crippen LogP contribution >= 0.6 is 0 Å². The Kier molecular flexibility index (Phi) is 5.69. The van der Waals surface area contributed by atoms with E-state index in [0.29, 0.717) is 24.3 Å². The minimum absolute atomic E-state index is 0.0837. The Morgan fingerprint density at radius 3 is 2.39 bits per heavy atom. The fourth-order valence-corrected chi connectivity index (χ4v) is 6.51. The summed E-state index contributed by atoms with van der Waals surface area (Å²) in [5, 5.41) is 20.2. The lowest BCUT2D eigenvalue weighted by Crippen LogP contribution is -2.62. The molecule has 5 rings (SSSR count). The van der Waals surface area contributed by atoms with E-state index in [1.165, 1.54) is 44.4 Å². The second-order valence-electron chi connectivity index (χ2n) is 9.38. The Labute approximate surface area is 181 Å². The number of carbonyl (C=O) groups excluding carboxylic acids is 2. The second kappa shape index (κ2) is 8.29. The van der Waals surface area contributed by atoms with Crippen LogP contribution in [0.4, 0.5) is 5.69 Å². The zero-order valence-electron chi connectivity index (χ0n) is 17.7. The number of amides is 1. The first-order valence-electron chi connectivity index (χ1n) is 10.9. The van der Waals surface area contributed by atoms with E-state index < -0.39 is 17.5 Å². The number of nitro benzene ring substituents is 1. The zero-order chi connectivity index (χ0) is 22.2. The Morgan fingerprint density at radius 1 is 1.23 bits per heavy atom. The van der Waals surface area contributed by atoms with Gasteiger partial charge in [0.1, 0.15) is 0 Å². The largest absolute Gasteiger partial charge is 0.452 e. The quantitative estimate of drug-likeness (QED) is 0.373. The van der Waals surface area contributed by atoms with E-state index in [1.807, 2.05) is 4.90 Å². The number of carbonyl (C=O) groups is 2. The van der Waals surface area contributed by atoms with Gasteiger partial charge in [-0.15, -0.1) is 0 Å². The Hall–Kier alpha value is -2.95. The van der Waals surface area contributed by atoms with Gasteiger partial charge in [-0.1, -0.05) is 6.07 Å². The zero-order valence-corrected chi connectivity index (χ0v) is 17.7. The van der Waals surface area contributed by atoms with Crippen molar-refractivity contribution in [3.05, 3.63) is 39.4 Å². The lowest BCUT2D eigenvalue weighted by atomic mass is 9.52. The van der Waals surface area contributed by atoms with E-state index in [0.717, 1.165) is 19.3 Å². The van der Waals surface area contributed by atoms with Gasteiger partial charge in [-0.25, -0.2) is 4.79 Å². The van der Waals surface area contributed by atoms with Gasteiger partial charge in [0.05, 0.1) is 23.0 Å². The van der Waals surface area contributed by atoms with Crippen LogP contribution in [0.15, 0.2) is 18.2 Å². The van der Waals surface area contributed by atoms with Crippen LogP contribution in [0, 0.1) is 46.1 Å². The predicted octanol–water partition coefficient (Wildman–Crippen LogP) is 3.77. The van der Waals surface area contributed by atoms with E-state index >= 15 is 0 Å². The standard InChI is InChI=1S/C23H27N3O5/c1-15-19(4-2-5-20(15)26(29)30)22(28)31-14-21(27)25(7-3-6-24)23-11-16-8-17(12-23)10-18(9-16)13-23/h2,4-5,16-18H,3,7-14H2,1H3. The molecule has 4 fully saturated rings. The summed E-state index contributed by atoms with van der Waals surface area (Å²) in [6, 6.07) is 6.35. The molecule has 0 unspecified atom stereocenters. The van der Waals surface area contributed by atoms with Gasteiger partial charge in [0, 0.05) is 23.7 Å². The Morgan fingerprint density at radius 2 is 1.84 bits per heavy atom. The van der Waals surface area contributed by atoms with E-state index in [4.69, 9.17) is 10.00 Å². The van der Waals surface area contributed by atoms with Crippen LogP contribution in [-0.4, -0.2) is 40.4 Å². The molecule has 0 aliphatic heterocycles. The number of hydrogen-bond acceptors (Lipinski definition) is 6. The number of rotatable bonds is 7. The molecule has 0 N–H and O–H groups in total.